The van der Waals surface area contributed by atoms with E-state index in [2.05, 4.69) is 20.6 Å². The minimum Gasteiger partial charge on any atom is -0.554 e. The Kier molecular flexibility index (Phi) is 12.5. The Bertz CT molecular complexity index is 1680. The molecule has 0 aliphatic heterocycles. The van der Waals surface area contributed by atoms with Crippen molar-refractivity contribution in [1.29, 1.82) is 0 Å². The predicted octanol–water partition coefficient (Wildman–Crippen LogP) is 2.26. The first-order valence-electron chi connectivity index (χ1n) is 14.2. The first-order valence-corrected chi connectivity index (χ1v) is 14.2. The maximum absolute atomic E-state index is 14.8. The van der Waals surface area contributed by atoms with Crippen LogP contribution in [0.15, 0.2) is 48.9 Å². The highest BCUT2D eigenvalue weighted by molar-refractivity contribution is 5.96. The van der Waals surface area contributed by atoms with Gasteiger partial charge in [0.2, 0.25) is 5.82 Å². The number of aliphatic carboxylic acids is 1. The van der Waals surface area contributed by atoms with Gasteiger partial charge in [-0.25, -0.2) is 19.2 Å². The van der Waals surface area contributed by atoms with Crippen LogP contribution < -0.4 is 20.5 Å². The Morgan fingerprint density at radius 1 is 1.13 bits per heavy atom. The molecule has 15 heteroatoms. The second-order valence-corrected chi connectivity index (χ2v) is 10.6. The molecule has 2 heterocycles. The Morgan fingerprint density at radius 3 is 2.54 bits per heavy atom. The monoisotopic (exact) mass is 642 g/mol. The van der Waals surface area contributed by atoms with Crippen LogP contribution in [0.1, 0.15) is 22.8 Å². The van der Waals surface area contributed by atoms with Gasteiger partial charge in [-0.15, -0.1) is 0 Å². The number of ether oxygens (including phenoxy) is 2. The maximum atomic E-state index is 14.8. The highest BCUT2D eigenvalue weighted by Gasteiger charge is 2.20. The lowest BCUT2D eigenvalue weighted by molar-refractivity contribution is -0.883. The molecule has 0 bridgehead atoms. The molecule has 0 unspecified atom stereocenters. The number of aromatic nitrogens is 3. The summed E-state index contributed by atoms with van der Waals surface area (Å²) in [5.74, 6) is -3.02. The molecular formula is C31H36F2N6O7. The number of hydrogen-bond acceptors (Lipinski definition) is 9. The molecule has 13 nitrogen and oxygen atoms in total. The van der Waals surface area contributed by atoms with Crippen molar-refractivity contribution in [2.24, 2.45) is 0 Å². The number of carbonyl (C=O) groups is 3. The normalized spacial score (nSPS) is 11.0. The second-order valence-electron chi connectivity index (χ2n) is 10.6. The summed E-state index contributed by atoms with van der Waals surface area (Å²) in [7, 11) is 4.91. The second kappa shape index (κ2) is 16.2. The third-order valence-corrected chi connectivity index (χ3v) is 6.90. The lowest BCUT2D eigenvalue weighted by Gasteiger charge is -2.27. The van der Waals surface area contributed by atoms with Gasteiger partial charge in [-0.05, 0) is 42.3 Å². The van der Waals surface area contributed by atoms with Crippen molar-refractivity contribution in [3.8, 4) is 17.0 Å². The lowest BCUT2D eigenvalue weighted by Crippen LogP contribution is -2.46. The predicted molar refractivity (Wildman–Crippen MR) is 163 cm³/mol. The van der Waals surface area contributed by atoms with E-state index >= 15 is 0 Å². The minimum absolute atomic E-state index is 0.00396. The lowest BCUT2D eigenvalue weighted by atomic mass is 10.0. The number of amides is 1. The molecular weight excluding hydrogens is 606 g/mol. The average molecular weight is 643 g/mol. The van der Waals surface area contributed by atoms with Gasteiger partial charge in [0.15, 0.2) is 29.6 Å². The summed E-state index contributed by atoms with van der Waals surface area (Å²) in [6.07, 6.45) is 5.17. The first-order chi connectivity index (χ1) is 22.0. The summed E-state index contributed by atoms with van der Waals surface area (Å²) in [6, 6.07) is 8.10. The molecule has 1 amide bonds. The molecule has 0 aliphatic carbocycles. The van der Waals surface area contributed by atoms with Crippen LogP contribution in [-0.2, 0) is 20.7 Å². The molecule has 46 heavy (non-hydrogen) atoms. The average Bonchev–Trinajstić information content (AvgIpc) is 3.44. The number of aryl methyl sites for hydroxylation is 1. The Balaban J connectivity index is 0.00000185. The number of methoxy groups -OCH3 is 1. The van der Waals surface area contributed by atoms with Gasteiger partial charge in [0.25, 0.3) is 5.91 Å². The van der Waals surface area contributed by atoms with Crippen molar-refractivity contribution in [2.75, 3.05) is 59.4 Å². The number of fused-ring (bicyclic) bond motifs is 1. The van der Waals surface area contributed by atoms with Crippen molar-refractivity contribution >= 4 is 35.5 Å². The van der Waals surface area contributed by atoms with Crippen LogP contribution >= 0.6 is 0 Å². The van der Waals surface area contributed by atoms with Crippen molar-refractivity contribution in [2.45, 2.75) is 13.3 Å². The van der Waals surface area contributed by atoms with Crippen LogP contribution in [0.3, 0.4) is 0 Å². The van der Waals surface area contributed by atoms with E-state index in [4.69, 9.17) is 24.5 Å². The summed E-state index contributed by atoms with van der Waals surface area (Å²) >= 11 is 0. The number of halogens is 2. The summed E-state index contributed by atoms with van der Waals surface area (Å²) < 4.78 is 41.5. The maximum Gasteiger partial charge on any atom is 0.359 e. The molecule has 0 atom stereocenters. The van der Waals surface area contributed by atoms with Gasteiger partial charge in [-0.2, -0.15) is 4.39 Å². The standard InChI is InChI=1S/C30H34F2N6O5.CH2O2/c1-5-19-16-20(6-7-21(19)30(41)34-11-14-43-15-13-38(2,3)18-25(39)40)36-28-29-35-17-23(37(29)12-10-33-28)22-8-9-24(42-4)27(32)26(22)31;2-1-3/h6-10,12,16-17H,5,11,13-15,18H2,1-4H3,(H2-,33,34,36,39,40,41);1H,(H,2,3). The van der Waals surface area contributed by atoms with Crippen LogP contribution in [0.2, 0.25) is 0 Å². The van der Waals surface area contributed by atoms with Crippen molar-refractivity contribution < 1.29 is 47.3 Å². The van der Waals surface area contributed by atoms with Crippen LogP contribution in [0, 0.1) is 11.6 Å². The fourth-order valence-electron chi connectivity index (χ4n) is 4.61. The van der Waals surface area contributed by atoms with Crippen molar-refractivity contribution in [1.82, 2.24) is 19.7 Å². The Morgan fingerprint density at radius 2 is 1.87 bits per heavy atom. The van der Waals surface area contributed by atoms with Gasteiger partial charge in [-0.1, -0.05) is 6.92 Å². The zero-order valence-electron chi connectivity index (χ0n) is 25.9. The van der Waals surface area contributed by atoms with Gasteiger partial charge >= 0.3 is 5.97 Å². The van der Waals surface area contributed by atoms with Crippen molar-refractivity contribution in [3.05, 3.63) is 71.7 Å². The number of quaternary nitrogens is 1. The quantitative estimate of drug-likeness (QED) is 0.105. The summed E-state index contributed by atoms with van der Waals surface area (Å²) in [5, 5.41) is 23.3. The fraction of sp³-hybridized carbons (Fsp3) is 0.323. The summed E-state index contributed by atoms with van der Waals surface area (Å²) in [4.78, 5) is 40.8. The van der Waals surface area contributed by atoms with Gasteiger partial charge in [0, 0.05) is 42.2 Å². The van der Waals surface area contributed by atoms with E-state index in [1.807, 2.05) is 27.1 Å². The third-order valence-electron chi connectivity index (χ3n) is 6.90. The smallest absolute Gasteiger partial charge is 0.359 e. The van der Waals surface area contributed by atoms with Gasteiger partial charge < -0.3 is 39.6 Å². The molecule has 2 aromatic carbocycles. The third kappa shape index (κ3) is 8.95. The van der Waals surface area contributed by atoms with Crippen molar-refractivity contribution in [3.63, 3.8) is 0 Å². The summed E-state index contributed by atoms with van der Waals surface area (Å²) in [6.45, 7) is 2.97. The SMILES string of the molecule is CCc1cc(Nc2nccn3c(-c4ccc(OC)c(F)c4F)cnc23)ccc1C(=O)NCCOCC[N+](C)(C)CC(=O)O.O=C[O-]. The minimum atomic E-state index is -1.08. The van der Waals surface area contributed by atoms with Crippen LogP contribution in [0.25, 0.3) is 16.9 Å². The van der Waals surface area contributed by atoms with E-state index in [0.717, 1.165) is 5.56 Å². The number of imidazole rings is 1. The van der Waals surface area contributed by atoms with Gasteiger partial charge in [0.1, 0.15) is 6.54 Å². The first kappa shape index (κ1) is 35.3. The van der Waals surface area contributed by atoms with E-state index in [9.17, 15) is 18.4 Å². The van der Waals surface area contributed by atoms with Gasteiger partial charge in [-0.3, -0.25) is 9.20 Å². The van der Waals surface area contributed by atoms with Gasteiger partial charge in [0.05, 0.1) is 46.3 Å². The number of nitrogens with one attached hydrogen (secondary N) is 2. The highest BCUT2D eigenvalue weighted by atomic mass is 19.2. The number of carboxylic acids is 1. The molecule has 0 saturated heterocycles. The largest absolute Gasteiger partial charge is 0.554 e. The fourth-order valence-corrected chi connectivity index (χ4v) is 4.61. The molecule has 0 fully saturated rings. The van der Waals surface area contributed by atoms with Crippen LogP contribution in [-0.4, -0.2) is 96.4 Å². The molecule has 246 valence electrons. The zero-order chi connectivity index (χ0) is 33.9. The zero-order valence-corrected chi connectivity index (χ0v) is 25.9. The van der Waals surface area contributed by atoms with E-state index < -0.39 is 24.1 Å². The van der Waals surface area contributed by atoms with E-state index in [0.29, 0.717) is 65.6 Å². The van der Waals surface area contributed by atoms with E-state index in [-0.39, 0.29) is 23.8 Å². The van der Waals surface area contributed by atoms with E-state index in [1.165, 1.54) is 31.6 Å². The highest BCUT2D eigenvalue weighted by Crippen LogP contribution is 2.31. The number of benzene rings is 2. The molecule has 2 aromatic heterocycles. The number of rotatable bonds is 14. The Hall–Kier alpha value is -5.15. The number of carboxylic acid groups (broad SMARTS) is 2. The molecule has 0 radical (unpaired) electrons. The molecule has 4 aromatic rings. The number of likely N-dealkylation sites (N-methyl/N-ethyl adjacent to an activating group) is 1. The molecule has 0 saturated carbocycles. The summed E-state index contributed by atoms with van der Waals surface area (Å²) in [5.41, 5.74) is 2.77. The molecule has 0 spiro atoms. The number of hydrogen-bond donors (Lipinski definition) is 3. The van der Waals surface area contributed by atoms with E-state index in [1.54, 1.807) is 22.7 Å². The Labute approximate surface area is 264 Å². The van der Waals surface area contributed by atoms with Crippen LogP contribution in [0.4, 0.5) is 20.3 Å². The molecule has 3 N–H and O–H groups in total. The number of anilines is 2. The molecule has 4 rings (SSSR count). The number of carbonyl (C=O) groups excluding carboxylic acids is 2. The topological polar surface area (TPSA) is 167 Å². The van der Waals surface area contributed by atoms with Crippen LogP contribution in [0.5, 0.6) is 5.75 Å². The number of nitrogens with zero attached hydrogens (tertiary/aromatic N) is 4. The molecule has 0 aliphatic rings.